The van der Waals surface area contributed by atoms with Gasteiger partial charge in [0.1, 0.15) is 0 Å². The highest BCUT2D eigenvalue weighted by Gasteiger charge is 2.41. The van der Waals surface area contributed by atoms with Crippen LogP contribution in [0.2, 0.25) is 0 Å². The molecule has 1 aliphatic heterocycles. The third-order valence-corrected chi connectivity index (χ3v) is 4.62. The number of aromatic nitrogens is 2. The Morgan fingerprint density at radius 3 is 2.65 bits per heavy atom. The Morgan fingerprint density at radius 2 is 2.00 bits per heavy atom. The van der Waals surface area contributed by atoms with Gasteiger partial charge in [0.25, 0.3) is 5.91 Å². The van der Waals surface area contributed by atoms with Crippen molar-refractivity contribution in [1.82, 2.24) is 14.9 Å². The van der Waals surface area contributed by atoms with Gasteiger partial charge in [0.2, 0.25) is 5.95 Å². The fraction of sp³-hybridized carbons (Fsp3) is 0.667. The van der Waals surface area contributed by atoms with E-state index in [9.17, 15) is 4.79 Å². The Labute approximate surface area is 119 Å². The molecule has 1 amide bonds. The molecule has 0 bridgehead atoms. The van der Waals surface area contributed by atoms with Crippen molar-refractivity contribution in [2.75, 3.05) is 25.0 Å². The summed E-state index contributed by atoms with van der Waals surface area (Å²) >= 11 is 0. The number of carbonyl (C=O) groups is 1. The molecule has 1 aromatic heterocycles. The first-order valence-corrected chi connectivity index (χ1v) is 7.58. The van der Waals surface area contributed by atoms with E-state index in [0.29, 0.717) is 16.9 Å². The lowest BCUT2D eigenvalue weighted by molar-refractivity contribution is 0.0772. The van der Waals surface area contributed by atoms with Crippen molar-refractivity contribution in [3.63, 3.8) is 0 Å². The van der Waals surface area contributed by atoms with Crippen LogP contribution in [0.1, 0.15) is 49.4 Å². The highest BCUT2D eigenvalue weighted by molar-refractivity contribution is 5.93. The van der Waals surface area contributed by atoms with E-state index < -0.39 is 0 Å². The molecule has 1 saturated carbocycles. The molecule has 1 saturated heterocycles. The van der Waals surface area contributed by atoms with Crippen LogP contribution in [0.15, 0.2) is 12.4 Å². The largest absolute Gasteiger partial charge is 0.355 e. The average molecular weight is 274 g/mol. The summed E-state index contributed by atoms with van der Waals surface area (Å²) in [7, 11) is 0. The average Bonchev–Trinajstić information content (AvgIpc) is 3.10. The SMILES string of the molecule is CCNc1ncc(C(=O)N2CCC3(CCCC3)C2)cn1. The maximum absolute atomic E-state index is 12.5. The molecule has 0 atom stereocenters. The van der Waals surface area contributed by atoms with E-state index in [1.165, 1.54) is 25.7 Å². The highest BCUT2D eigenvalue weighted by atomic mass is 16.2. The van der Waals surface area contributed by atoms with Crippen LogP contribution in [0.3, 0.4) is 0 Å². The molecule has 0 aromatic carbocycles. The van der Waals surface area contributed by atoms with Gasteiger partial charge < -0.3 is 10.2 Å². The van der Waals surface area contributed by atoms with Gasteiger partial charge in [0.05, 0.1) is 5.56 Å². The molecule has 1 aromatic rings. The molecule has 108 valence electrons. The zero-order valence-corrected chi connectivity index (χ0v) is 12.1. The van der Waals surface area contributed by atoms with E-state index in [1.54, 1.807) is 12.4 Å². The van der Waals surface area contributed by atoms with Crippen LogP contribution in [-0.2, 0) is 0 Å². The number of anilines is 1. The van der Waals surface area contributed by atoms with E-state index in [2.05, 4.69) is 15.3 Å². The number of nitrogens with one attached hydrogen (secondary N) is 1. The first-order chi connectivity index (χ1) is 9.72. The molecule has 0 unspecified atom stereocenters. The van der Waals surface area contributed by atoms with Crippen LogP contribution in [0.5, 0.6) is 0 Å². The van der Waals surface area contributed by atoms with Crippen molar-refractivity contribution in [3.05, 3.63) is 18.0 Å². The van der Waals surface area contributed by atoms with Gasteiger partial charge in [-0.25, -0.2) is 9.97 Å². The van der Waals surface area contributed by atoms with Crippen LogP contribution in [-0.4, -0.2) is 40.4 Å². The normalized spacial score (nSPS) is 20.6. The van der Waals surface area contributed by atoms with Crippen LogP contribution in [0, 0.1) is 5.41 Å². The Bertz CT molecular complexity index is 479. The second-order valence-corrected chi connectivity index (χ2v) is 6.01. The lowest BCUT2D eigenvalue weighted by Gasteiger charge is -2.23. The smallest absolute Gasteiger partial charge is 0.257 e. The predicted molar refractivity (Wildman–Crippen MR) is 77.6 cm³/mol. The lowest BCUT2D eigenvalue weighted by Crippen LogP contribution is -2.31. The van der Waals surface area contributed by atoms with E-state index in [0.717, 1.165) is 26.1 Å². The number of likely N-dealkylation sites (tertiary alicyclic amines) is 1. The fourth-order valence-electron chi connectivity index (χ4n) is 3.51. The second kappa shape index (κ2) is 5.38. The summed E-state index contributed by atoms with van der Waals surface area (Å²) in [5.41, 5.74) is 1.02. The van der Waals surface area contributed by atoms with Crippen molar-refractivity contribution < 1.29 is 4.79 Å². The van der Waals surface area contributed by atoms with Gasteiger partial charge in [0.15, 0.2) is 0 Å². The molecule has 1 spiro atoms. The molecule has 1 aliphatic carbocycles. The monoisotopic (exact) mass is 274 g/mol. The minimum atomic E-state index is 0.0804. The van der Waals surface area contributed by atoms with Gasteiger partial charge in [-0.15, -0.1) is 0 Å². The molecule has 5 nitrogen and oxygen atoms in total. The molecule has 2 aliphatic rings. The minimum Gasteiger partial charge on any atom is -0.355 e. The minimum absolute atomic E-state index is 0.0804. The number of carbonyl (C=O) groups excluding carboxylic acids is 1. The third-order valence-electron chi connectivity index (χ3n) is 4.62. The van der Waals surface area contributed by atoms with Gasteiger partial charge in [-0.1, -0.05) is 12.8 Å². The predicted octanol–water partition coefficient (Wildman–Crippen LogP) is 2.31. The van der Waals surface area contributed by atoms with Crippen molar-refractivity contribution in [1.29, 1.82) is 0 Å². The van der Waals surface area contributed by atoms with Crippen LogP contribution >= 0.6 is 0 Å². The van der Waals surface area contributed by atoms with Crippen molar-refractivity contribution >= 4 is 11.9 Å². The van der Waals surface area contributed by atoms with Crippen LogP contribution < -0.4 is 5.32 Å². The molecule has 5 heteroatoms. The fourth-order valence-corrected chi connectivity index (χ4v) is 3.51. The molecule has 2 heterocycles. The van der Waals surface area contributed by atoms with E-state index >= 15 is 0 Å². The van der Waals surface area contributed by atoms with Gasteiger partial charge in [0, 0.05) is 32.0 Å². The molecular weight excluding hydrogens is 252 g/mol. The number of nitrogens with zero attached hydrogens (tertiary/aromatic N) is 3. The topological polar surface area (TPSA) is 58.1 Å². The van der Waals surface area contributed by atoms with E-state index in [4.69, 9.17) is 0 Å². The lowest BCUT2D eigenvalue weighted by atomic mass is 9.86. The van der Waals surface area contributed by atoms with Gasteiger partial charge in [-0.3, -0.25) is 4.79 Å². The summed E-state index contributed by atoms with van der Waals surface area (Å²) in [6, 6.07) is 0. The Balaban J connectivity index is 1.67. The zero-order valence-electron chi connectivity index (χ0n) is 12.1. The Kier molecular flexibility index (Phi) is 3.59. The summed E-state index contributed by atoms with van der Waals surface area (Å²) in [6.45, 7) is 4.57. The van der Waals surface area contributed by atoms with Crippen molar-refractivity contribution in [3.8, 4) is 0 Å². The number of hydrogen-bond donors (Lipinski definition) is 1. The quantitative estimate of drug-likeness (QED) is 0.919. The van der Waals surface area contributed by atoms with Gasteiger partial charge >= 0.3 is 0 Å². The van der Waals surface area contributed by atoms with E-state index in [-0.39, 0.29) is 5.91 Å². The Hall–Kier alpha value is -1.65. The van der Waals surface area contributed by atoms with Crippen LogP contribution in [0.4, 0.5) is 5.95 Å². The first kappa shape index (κ1) is 13.3. The first-order valence-electron chi connectivity index (χ1n) is 7.58. The molecular formula is C15H22N4O. The standard InChI is InChI=1S/C15H22N4O/c1-2-16-14-17-9-12(10-18-14)13(20)19-8-7-15(11-19)5-3-4-6-15/h9-10H,2-8,11H2,1H3,(H,16,17,18). The maximum atomic E-state index is 12.5. The zero-order chi connectivity index (χ0) is 14.0. The van der Waals surface area contributed by atoms with Crippen molar-refractivity contribution in [2.24, 2.45) is 5.41 Å². The highest BCUT2D eigenvalue weighted by Crippen LogP contribution is 2.45. The number of amides is 1. The second-order valence-electron chi connectivity index (χ2n) is 6.01. The summed E-state index contributed by atoms with van der Waals surface area (Å²) < 4.78 is 0. The van der Waals surface area contributed by atoms with Crippen molar-refractivity contribution in [2.45, 2.75) is 39.0 Å². The van der Waals surface area contributed by atoms with Crippen LogP contribution in [0.25, 0.3) is 0 Å². The van der Waals surface area contributed by atoms with E-state index in [1.807, 2.05) is 11.8 Å². The summed E-state index contributed by atoms with van der Waals surface area (Å²) in [6.07, 6.45) is 9.64. The number of hydrogen-bond acceptors (Lipinski definition) is 4. The molecule has 2 fully saturated rings. The summed E-state index contributed by atoms with van der Waals surface area (Å²) in [5.74, 6) is 0.662. The van der Waals surface area contributed by atoms with Gasteiger partial charge in [-0.05, 0) is 31.6 Å². The molecule has 3 rings (SSSR count). The summed E-state index contributed by atoms with van der Waals surface area (Å²) in [4.78, 5) is 22.8. The van der Waals surface area contributed by atoms with Gasteiger partial charge in [-0.2, -0.15) is 0 Å². The number of rotatable bonds is 3. The molecule has 0 radical (unpaired) electrons. The Morgan fingerprint density at radius 1 is 1.30 bits per heavy atom. The third kappa shape index (κ3) is 2.49. The molecule has 20 heavy (non-hydrogen) atoms. The maximum Gasteiger partial charge on any atom is 0.257 e. The molecule has 1 N–H and O–H groups in total. The summed E-state index contributed by atoms with van der Waals surface area (Å²) in [5, 5.41) is 3.04.